The summed E-state index contributed by atoms with van der Waals surface area (Å²) >= 11 is 0. The van der Waals surface area contributed by atoms with Crippen molar-refractivity contribution in [2.45, 2.75) is 26.0 Å². The lowest BCUT2D eigenvalue weighted by Crippen LogP contribution is -2.23. The summed E-state index contributed by atoms with van der Waals surface area (Å²) in [7, 11) is 0. The molecule has 2 nitrogen and oxygen atoms in total. The van der Waals surface area contributed by atoms with E-state index in [2.05, 4.69) is 0 Å². The van der Waals surface area contributed by atoms with Gasteiger partial charge in [0.25, 0.3) is 0 Å². The van der Waals surface area contributed by atoms with Crippen molar-refractivity contribution in [2.24, 2.45) is 5.73 Å². The van der Waals surface area contributed by atoms with E-state index in [1.807, 2.05) is 0 Å². The van der Waals surface area contributed by atoms with Gasteiger partial charge in [0.2, 0.25) is 0 Å². The van der Waals surface area contributed by atoms with Crippen LogP contribution in [-0.2, 0) is 0 Å². The highest BCUT2D eigenvalue weighted by Gasteiger charge is 2.14. The molecule has 0 spiro atoms. The molecular weight excluding hydrogens is 169 g/mol. The smallest absolute Gasteiger partial charge is 0.123 e. The average Bonchev–Trinajstić information content (AvgIpc) is 2.03. The van der Waals surface area contributed by atoms with E-state index in [4.69, 9.17) is 5.73 Å². The van der Waals surface area contributed by atoms with E-state index in [-0.39, 0.29) is 5.82 Å². The number of aliphatic hydroxyl groups excluding tert-OH is 1. The lowest BCUT2D eigenvalue weighted by Gasteiger charge is -2.17. The molecule has 1 rings (SSSR count). The van der Waals surface area contributed by atoms with Crippen LogP contribution >= 0.6 is 0 Å². The number of hydrogen-bond donors (Lipinski definition) is 2. The number of rotatable bonds is 2. The highest BCUT2D eigenvalue weighted by Crippen LogP contribution is 2.19. The summed E-state index contributed by atoms with van der Waals surface area (Å²) in [5, 5.41) is 9.25. The summed E-state index contributed by atoms with van der Waals surface area (Å²) < 4.78 is 12.7. The van der Waals surface area contributed by atoms with Gasteiger partial charge >= 0.3 is 0 Å². The Morgan fingerprint density at radius 2 is 2.08 bits per heavy atom. The first-order valence-corrected chi connectivity index (χ1v) is 4.22. The SMILES string of the molecule is Cc1cc(F)ccc1[C@H](N)[C@@H](C)O. The highest BCUT2D eigenvalue weighted by molar-refractivity contribution is 5.29. The molecule has 72 valence electrons. The fourth-order valence-corrected chi connectivity index (χ4v) is 1.27. The van der Waals surface area contributed by atoms with Gasteiger partial charge in [0, 0.05) is 0 Å². The number of nitrogens with two attached hydrogens (primary N) is 1. The van der Waals surface area contributed by atoms with Crippen LogP contribution in [0.3, 0.4) is 0 Å². The van der Waals surface area contributed by atoms with Crippen LogP contribution in [0.5, 0.6) is 0 Å². The molecule has 0 amide bonds. The zero-order chi connectivity index (χ0) is 10.0. The van der Waals surface area contributed by atoms with Gasteiger partial charge in [-0.25, -0.2) is 4.39 Å². The first-order chi connectivity index (χ1) is 6.02. The number of hydrogen-bond acceptors (Lipinski definition) is 2. The lowest BCUT2D eigenvalue weighted by atomic mass is 9.98. The molecule has 1 aromatic rings. The zero-order valence-electron chi connectivity index (χ0n) is 7.79. The van der Waals surface area contributed by atoms with E-state index in [0.29, 0.717) is 0 Å². The van der Waals surface area contributed by atoms with Crippen molar-refractivity contribution in [3.63, 3.8) is 0 Å². The molecule has 0 heterocycles. The molecule has 0 aliphatic carbocycles. The van der Waals surface area contributed by atoms with E-state index in [1.165, 1.54) is 12.1 Å². The molecule has 3 N–H and O–H groups in total. The number of benzene rings is 1. The summed E-state index contributed by atoms with van der Waals surface area (Å²) in [5.41, 5.74) is 7.28. The van der Waals surface area contributed by atoms with Crippen LogP contribution in [0.4, 0.5) is 4.39 Å². The topological polar surface area (TPSA) is 46.2 Å². The predicted molar refractivity (Wildman–Crippen MR) is 49.7 cm³/mol. The number of halogens is 1. The van der Waals surface area contributed by atoms with Gasteiger partial charge in [0.15, 0.2) is 0 Å². The minimum absolute atomic E-state index is 0.279. The first kappa shape index (κ1) is 10.2. The second kappa shape index (κ2) is 3.85. The molecule has 1 aromatic carbocycles. The molecular formula is C10H14FNO. The third kappa shape index (κ3) is 2.26. The zero-order valence-corrected chi connectivity index (χ0v) is 7.79. The van der Waals surface area contributed by atoms with E-state index in [0.717, 1.165) is 11.1 Å². The monoisotopic (exact) mass is 183 g/mol. The summed E-state index contributed by atoms with van der Waals surface area (Å²) in [6, 6.07) is 3.94. The van der Waals surface area contributed by atoms with Crippen molar-refractivity contribution in [3.05, 3.63) is 35.1 Å². The third-order valence-electron chi connectivity index (χ3n) is 2.11. The molecule has 0 radical (unpaired) electrons. The summed E-state index contributed by atoms with van der Waals surface area (Å²) in [6.07, 6.45) is -0.621. The van der Waals surface area contributed by atoms with Gasteiger partial charge in [-0.15, -0.1) is 0 Å². The molecule has 0 saturated heterocycles. The fraction of sp³-hybridized carbons (Fsp3) is 0.400. The Labute approximate surface area is 77.2 Å². The standard InChI is InChI=1S/C10H14FNO/c1-6-5-8(11)3-4-9(6)10(12)7(2)13/h3-5,7,10,13H,12H2,1-2H3/t7-,10-/m1/s1. The third-order valence-corrected chi connectivity index (χ3v) is 2.11. The largest absolute Gasteiger partial charge is 0.391 e. The van der Waals surface area contributed by atoms with Gasteiger partial charge in [-0.05, 0) is 37.1 Å². The minimum atomic E-state index is -0.621. The molecule has 0 saturated carbocycles. The van der Waals surface area contributed by atoms with Crippen LogP contribution in [0, 0.1) is 12.7 Å². The van der Waals surface area contributed by atoms with Crippen molar-refractivity contribution in [3.8, 4) is 0 Å². The lowest BCUT2D eigenvalue weighted by molar-refractivity contribution is 0.164. The van der Waals surface area contributed by atoms with Crippen molar-refractivity contribution < 1.29 is 9.50 Å². The van der Waals surface area contributed by atoms with Crippen LogP contribution in [-0.4, -0.2) is 11.2 Å². The van der Waals surface area contributed by atoms with Gasteiger partial charge in [0.05, 0.1) is 12.1 Å². The Balaban J connectivity index is 3.01. The minimum Gasteiger partial charge on any atom is -0.391 e. The van der Waals surface area contributed by atoms with Crippen molar-refractivity contribution in [1.29, 1.82) is 0 Å². The van der Waals surface area contributed by atoms with E-state index in [1.54, 1.807) is 19.9 Å². The maximum absolute atomic E-state index is 12.7. The number of aryl methyl sites for hydroxylation is 1. The second-order valence-corrected chi connectivity index (χ2v) is 3.27. The quantitative estimate of drug-likeness (QED) is 0.730. The highest BCUT2D eigenvalue weighted by atomic mass is 19.1. The second-order valence-electron chi connectivity index (χ2n) is 3.27. The Kier molecular flexibility index (Phi) is 3.01. The number of aliphatic hydroxyl groups is 1. The van der Waals surface area contributed by atoms with Crippen LogP contribution in [0.1, 0.15) is 24.1 Å². The van der Waals surface area contributed by atoms with Crippen molar-refractivity contribution >= 4 is 0 Å². The Bertz CT molecular complexity index is 299. The molecule has 0 aliphatic heterocycles. The molecule has 0 bridgehead atoms. The van der Waals surface area contributed by atoms with Gasteiger partial charge < -0.3 is 10.8 Å². The van der Waals surface area contributed by atoms with E-state index in [9.17, 15) is 9.50 Å². The van der Waals surface area contributed by atoms with E-state index >= 15 is 0 Å². The van der Waals surface area contributed by atoms with Crippen LogP contribution in [0.2, 0.25) is 0 Å². The molecule has 3 heteroatoms. The Hall–Kier alpha value is -0.930. The molecule has 0 unspecified atom stereocenters. The first-order valence-electron chi connectivity index (χ1n) is 4.22. The summed E-state index contributed by atoms with van der Waals surface area (Å²) in [4.78, 5) is 0. The van der Waals surface area contributed by atoms with Crippen LogP contribution in [0.25, 0.3) is 0 Å². The fourth-order valence-electron chi connectivity index (χ4n) is 1.27. The van der Waals surface area contributed by atoms with Crippen molar-refractivity contribution in [2.75, 3.05) is 0 Å². The molecule has 2 atom stereocenters. The Morgan fingerprint density at radius 3 is 2.54 bits per heavy atom. The van der Waals surface area contributed by atoms with Crippen LogP contribution in [0.15, 0.2) is 18.2 Å². The summed E-state index contributed by atoms with van der Waals surface area (Å²) in [5.74, 6) is -0.279. The van der Waals surface area contributed by atoms with Gasteiger partial charge in [-0.2, -0.15) is 0 Å². The molecule has 13 heavy (non-hydrogen) atoms. The predicted octanol–water partition coefficient (Wildman–Crippen LogP) is 1.51. The van der Waals surface area contributed by atoms with Crippen molar-refractivity contribution in [1.82, 2.24) is 0 Å². The molecule has 0 aliphatic rings. The summed E-state index contributed by atoms with van der Waals surface area (Å²) in [6.45, 7) is 3.40. The maximum atomic E-state index is 12.7. The van der Waals surface area contributed by atoms with Gasteiger partial charge in [0.1, 0.15) is 5.82 Å². The van der Waals surface area contributed by atoms with Gasteiger partial charge in [-0.1, -0.05) is 6.07 Å². The van der Waals surface area contributed by atoms with Crippen LogP contribution < -0.4 is 5.73 Å². The normalized spacial score (nSPS) is 15.5. The molecule has 0 fully saturated rings. The van der Waals surface area contributed by atoms with Gasteiger partial charge in [-0.3, -0.25) is 0 Å². The molecule has 0 aromatic heterocycles. The Morgan fingerprint density at radius 1 is 1.46 bits per heavy atom. The average molecular weight is 183 g/mol. The van der Waals surface area contributed by atoms with E-state index < -0.39 is 12.1 Å². The maximum Gasteiger partial charge on any atom is 0.123 e.